The fraction of sp³-hybridized carbons (Fsp3) is 0.243. The second-order valence-electron chi connectivity index (χ2n) is 11.1. The average molecular weight is 716 g/mol. The molecule has 3 N–H and O–H groups in total. The van der Waals surface area contributed by atoms with Crippen molar-refractivity contribution in [3.63, 3.8) is 0 Å². The first-order chi connectivity index (χ1) is 24.2. The first kappa shape index (κ1) is 36.0. The minimum absolute atomic E-state index is 0.0538. The van der Waals surface area contributed by atoms with Crippen LogP contribution >= 0.6 is 23.1 Å². The van der Waals surface area contributed by atoms with Crippen LogP contribution < -0.4 is 30.2 Å². The Balaban J connectivity index is 1.33. The van der Waals surface area contributed by atoms with E-state index in [1.807, 2.05) is 6.07 Å². The monoisotopic (exact) mass is 715 g/mol. The van der Waals surface area contributed by atoms with Crippen molar-refractivity contribution in [2.75, 3.05) is 44.8 Å². The lowest BCUT2D eigenvalue weighted by molar-refractivity contribution is -0.114. The molecular weight excluding hydrogens is 679 g/mol. The van der Waals surface area contributed by atoms with Crippen LogP contribution in [0.1, 0.15) is 49.6 Å². The number of rotatable bonds is 13. The molecule has 50 heavy (non-hydrogen) atoms. The maximum atomic E-state index is 13.7. The molecule has 1 aliphatic rings. The van der Waals surface area contributed by atoms with Crippen molar-refractivity contribution in [2.45, 2.75) is 30.6 Å². The fourth-order valence-corrected chi connectivity index (χ4v) is 7.46. The van der Waals surface area contributed by atoms with Gasteiger partial charge in [-0.05, 0) is 73.7 Å². The fourth-order valence-electron chi connectivity index (χ4n) is 5.41. The second-order valence-corrected chi connectivity index (χ2v) is 13.2. The molecule has 3 aromatic carbocycles. The highest BCUT2D eigenvalue weighted by Gasteiger charge is 2.27. The van der Waals surface area contributed by atoms with E-state index in [4.69, 9.17) is 18.9 Å². The Hall–Kier alpha value is -5.27. The number of thiophene rings is 1. The highest BCUT2D eigenvalue weighted by Crippen LogP contribution is 2.39. The topological polar surface area (TPSA) is 141 Å². The number of fused-ring (bicyclic) bond motifs is 1. The van der Waals surface area contributed by atoms with Gasteiger partial charge in [-0.1, -0.05) is 24.3 Å². The van der Waals surface area contributed by atoms with Crippen molar-refractivity contribution in [1.29, 1.82) is 0 Å². The quantitative estimate of drug-likeness (QED) is 0.0796. The number of methoxy groups -OCH3 is 4. The van der Waals surface area contributed by atoms with Gasteiger partial charge in [0.25, 0.3) is 11.8 Å². The molecule has 5 rings (SSSR count). The van der Waals surface area contributed by atoms with Crippen LogP contribution in [0.4, 0.5) is 10.7 Å². The van der Waals surface area contributed by atoms with Crippen LogP contribution in [0.3, 0.4) is 0 Å². The SMILES string of the molecule is COC(=O)c1c(NC(=O)CSc2cccc(NC(=O)/C(=C\c3cc(OC)c(OC)cc3OC)NC(=O)c3ccccc3)c2)sc2c1CCCC2. The summed E-state index contributed by atoms with van der Waals surface area (Å²) in [5, 5.41) is 8.99. The van der Waals surface area contributed by atoms with Crippen molar-refractivity contribution in [3.8, 4) is 17.2 Å². The molecule has 3 amide bonds. The van der Waals surface area contributed by atoms with Gasteiger partial charge in [0.1, 0.15) is 16.4 Å². The zero-order valence-electron chi connectivity index (χ0n) is 28.0. The van der Waals surface area contributed by atoms with Crippen LogP contribution in [0.25, 0.3) is 6.08 Å². The molecule has 0 fully saturated rings. The summed E-state index contributed by atoms with van der Waals surface area (Å²) in [7, 11) is 5.81. The van der Waals surface area contributed by atoms with Gasteiger partial charge in [0.2, 0.25) is 5.91 Å². The van der Waals surface area contributed by atoms with Crippen LogP contribution in [-0.2, 0) is 27.2 Å². The number of nitrogens with one attached hydrogen (secondary N) is 3. The summed E-state index contributed by atoms with van der Waals surface area (Å²) in [6, 6.07) is 18.8. The number of esters is 1. The molecule has 0 aliphatic heterocycles. The third kappa shape index (κ3) is 8.65. The smallest absolute Gasteiger partial charge is 0.341 e. The lowest BCUT2D eigenvalue weighted by Gasteiger charge is -2.15. The summed E-state index contributed by atoms with van der Waals surface area (Å²) in [6.45, 7) is 0. The first-order valence-electron chi connectivity index (χ1n) is 15.7. The van der Waals surface area contributed by atoms with Gasteiger partial charge >= 0.3 is 5.97 Å². The predicted octanol–water partition coefficient (Wildman–Crippen LogP) is 6.58. The van der Waals surface area contributed by atoms with Crippen molar-refractivity contribution in [2.24, 2.45) is 0 Å². The standard InChI is InChI=1S/C37H37N3O8S2/c1-45-28-20-30(47-3)29(46-2)18-23(28)17-27(39-34(42)22-11-6-5-7-12-22)35(43)38-24-13-10-14-25(19-24)49-21-32(41)40-36-33(37(44)48-4)26-15-8-9-16-31(26)50-36/h5-7,10-14,17-20H,8-9,15-16,21H2,1-4H3,(H,38,43)(H,39,42)(H,40,41)/b27-17+. The van der Waals surface area contributed by atoms with E-state index < -0.39 is 17.8 Å². The Morgan fingerprint density at radius 2 is 1.54 bits per heavy atom. The number of aryl methyl sites for hydroxylation is 1. The number of benzene rings is 3. The van der Waals surface area contributed by atoms with Crippen molar-refractivity contribution < 1.29 is 38.1 Å². The van der Waals surface area contributed by atoms with Crippen molar-refractivity contribution in [1.82, 2.24) is 5.32 Å². The normalized spacial score (nSPS) is 12.3. The molecule has 13 heteroatoms. The summed E-state index contributed by atoms with van der Waals surface area (Å²) in [5.74, 6) is -0.505. The summed E-state index contributed by atoms with van der Waals surface area (Å²) >= 11 is 2.70. The molecule has 11 nitrogen and oxygen atoms in total. The number of hydrogen-bond acceptors (Lipinski definition) is 10. The zero-order valence-corrected chi connectivity index (χ0v) is 29.7. The summed E-state index contributed by atoms with van der Waals surface area (Å²) < 4.78 is 21.4. The molecule has 1 aromatic heterocycles. The molecular formula is C37H37N3O8S2. The van der Waals surface area contributed by atoms with Crippen LogP contribution in [0.15, 0.2) is 77.3 Å². The maximum Gasteiger partial charge on any atom is 0.341 e. The van der Waals surface area contributed by atoms with Gasteiger partial charge in [-0.2, -0.15) is 0 Å². The lowest BCUT2D eigenvalue weighted by atomic mass is 9.95. The van der Waals surface area contributed by atoms with E-state index in [0.717, 1.165) is 41.0 Å². The van der Waals surface area contributed by atoms with E-state index in [0.29, 0.717) is 44.6 Å². The molecule has 0 saturated carbocycles. The third-order valence-electron chi connectivity index (χ3n) is 7.84. The largest absolute Gasteiger partial charge is 0.496 e. The minimum Gasteiger partial charge on any atom is -0.496 e. The Morgan fingerprint density at radius 3 is 2.26 bits per heavy atom. The Morgan fingerprint density at radius 1 is 0.820 bits per heavy atom. The number of anilines is 2. The zero-order chi connectivity index (χ0) is 35.6. The van der Waals surface area contributed by atoms with Crippen molar-refractivity contribution >= 4 is 63.6 Å². The minimum atomic E-state index is -0.594. The number of amides is 3. The molecule has 260 valence electrons. The van der Waals surface area contributed by atoms with Gasteiger partial charge in [-0.3, -0.25) is 14.4 Å². The van der Waals surface area contributed by atoms with Crippen LogP contribution in [0, 0.1) is 0 Å². The van der Waals surface area contributed by atoms with E-state index >= 15 is 0 Å². The molecule has 1 aliphatic carbocycles. The van der Waals surface area contributed by atoms with E-state index in [-0.39, 0.29) is 17.4 Å². The van der Waals surface area contributed by atoms with Crippen molar-refractivity contribution in [3.05, 3.63) is 99.6 Å². The number of ether oxygens (including phenoxy) is 4. The van der Waals surface area contributed by atoms with Gasteiger partial charge in [-0.25, -0.2) is 4.79 Å². The van der Waals surface area contributed by atoms with E-state index in [9.17, 15) is 19.2 Å². The van der Waals surface area contributed by atoms with Crippen LogP contribution in [0.5, 0.6) is 17.2 Å². The third-order valence-corrected chi connectivity index (χ3v) is 10.0. The Kier molecular flexibility index (Phi) is 12.2. The molecule has 0 atom stereocenters. The first-order valence-corrected chi connectivity index (χ1v) is 17.5. The predicted molar refractivity (Wildman–Crippen MR) is 195 cm³/mol. The van der Waals surface area contributed by atoms with E-state index in [2.05, 4.69) is 16.0 Å². The number of thioether (sulfide) groups is 1. The molecule has 0 radical (unpaired) electrons. The van der Waals surface area contributed by atoms with Gasteiger partial charge in [0.05, 0.1) is 39.8 Å². The van der Waals surface area contributed by atoms with Gasteiger partial charge in [0.15, 0.2) is 11.5 Å². The molecule has 0 unspecified atom stereocenters. The summed E-state index contributed by atoms with van der Waals surface area (Å²) in [4.78, 5) is 54.3. The lowest BCUT2D eigenvalue weighted by Crippen LogP contribution is -2.30. The molecule has 4 aromatic rings. The summed E-state index contributed by atoms with van der Waals surface area (Å²) in [6.07, 6.45) is 5.19. The second kappa shape index (κ2) is 16.9. The number of carbonyl (C=O) groups excluding carboxylic acids is 4. The van der Waals surface area contributed by atoms with Gasteiger partial charge in [-0.15, -0.1) is 23.1 Å². The molecule has 0 bridgehead atoms. The van der Waals surface area contributed by atoms with Crippen LogP contribution in [-0.4, -0.2) is 57.9 Å². The van der Waals surface area contributed by atoms with Gasteiger partial charge in [0, 0.05) is 32.7 Å². The Bertz CT molecular complexity index is 1920. The van der Waals surface area contributed by atoms with E-state index in [1.54, 1.807) is 60.7 Å². The Labute approximate surface area is 298 Å². The molecule has 0 spiro atoms. The number of hydrogen-bond donors (Lipinski definition) is 3. The number of carbonyl (C=O) groups is 4. The highest BCUT2D eigenvalue weighted by molar-refractivity contribution is 8.00. The average Bonchev–Trinajstić information content (AvgIpc) is 3.51. The highest BCUT2D eigenvalue weighted by atomic mass is 32.2. The molecule has 0 saturated heterocycles. The summed E-state index contributed by atoms with van der Waals surface area (Å²) in [5.41, 5.74) is 2.63. The van der Waals surface area contributed by atoms with Crippen LogP contribution in [0.2, 0.25) is 0 Å². The van der Waals surface area contributed by atoms with E-state index in [1.165, 1.54) is 57.6 Å². The molecule has 1 heterocycles. The van der Waals surface area contributed by atoms with Gasteiger partial charge < -0.3 is 34.9 Å². The maximum absolute atomic E-state index is 13.7.